The summed E-state index contributed by atoms with van der Waals surface area (Å²) in [5.41, 5.74) is 3.22. The average molecular weight is 379 g/mol. The highest BCUT2D eigenvalue weighted by Crippen LogP contribution is 2.19. The fraction of sp³-hybridized carbons (Fsp3) is 0.158. The van der Waals surface area contributed by atoms with Gasteiger partial charge in [-0.15, -0.1) is 0 Å². The lowest BCUT2D eigenvalue weighted by atomic mass is 10.2. The van der Waals surface area contributed by atoms with Crippen molar-refractivity contribution in [2.24, 2.45) is 5.10 Å². The number of aryl methyl sites for hydroxylation is 2. The Kier molecular flexibility index (Phi) is 4.12. The lowest BCUT2D eigenvalue weighted by molar-refractivity contribution is 0.394. The molecule has 3 heterocycles. The number of rotatable bonds is 3. The molecule has 0 unspecified atom stereocenters. The zero-order valence-electron chi connectivity index (χ0n) is 15.1. The van der Waals surface area contributed by atoms with E-state index in [0.29, 0.717) is 16.7 Å². The molecule has 8 heteroatoms. The number of hydrogen-bond donors (Lipinski definition) is 1. The topological polar surface area (TPSA) is 81.1 Å². The lowest BCUT2D eigenvalue weighted by Gasteiger charge is -2.04. The van der Waals surface area contributed by atoms with Gasteiger partial charge in [-0.1, -0.05) is 17.3 Å². The maximum absolute atomic E-state index is 12.7. The van der Waals surface area contributed by atoms with Crippen LogP contribution in [0.5, 0.6) is 0 Å². The van der Waals surface area contributed by atoms with Crippen LogP contribution < -0.4 is 5.56 Å². The second-order valence-corrected chi connectivity index (χ2v) is 6.68. The van der Waals surface area contributed by atoms with E-state index in [0.717, 1.165) is 22.7 Å². The summed E-state index contributed by atoms with van der Waals surface area (Å²) < 4.78 is 8.59. The first-order valence-electron chi connectivity index (χ1n) is 8.37. The number of aromatic nitrogens is 4. The summed E-state index contributed by atoms with van der Waals surface area (Å²) in [4.78, 5) is 15.7. The Balaban J connectivity index is 1.80. The molecule has 0 spiro atoms. The molecule has 0 aliphatic rings. The molecule has 0 fully saturated rings. The number of fused-ring (bicyclic) bond motifs is 1. The van der Waals surface area contributed by atoms with Crippen molar-refractivity contribution >= 4 is 29.3 Å². The number of aromatic amines is 1. The van der Waals surface area contributed by atoms with E-state index in [9.17, 15) is 4.79 Å². The van der Waals surface area contributed by atoms with Crippen LogP contribution in [0.2, 0.25) is 0 Å². The van der Waals surface area contributed by atoms with Crippen LogP contribution >= 0.6 is 12.2 Å². The van der Waals surface area contributed by atoms with Crippen LogP contribution in [0, 0.1) is 25.5 Å². The van der Waals surface area contributed by atoms with Crippen LogP contribution in [0.25, 0.3) is 16.7 Å². The van der Waals surface area contributed by atoms with E-state index < -0.39 is 0 Å². The van der Waals surface area contributed by atoms with Gasteiger partial charge >= 0.3 is 0 Å². The van der Waals surface area contributed by atoms with Gasteiger partial charge in [-0.2, -0.15) is 9.78 Å². The number of hydrogen-bond acceptors (Lipinski definition) is 5. The number of para-hydroxylation sites is 1. The molecule has 0 radical (unpaired) electrons. The Labute approximate surface area is 159 Å². The molecular formula is C19H17N5O2S. The third-order valence-corrected chi connectivity index (χ3v) is 4.69. The number of benzene rings is 1. The van der Waals surface area contributed by atoms with Crippen LogP contribution in [0.15, 0.2) is 50.8 Å². The highest BCUT2D eigenvalue weighted by atomic mass is 32.1. The molecule has 3 aromatic heterocycles. The summed E-state index contributed by atoms with van der Waals surface area (Å²) >= 11 is 5.29. The highest BCUT2D eigenvalue weighted by Gasteiger charge is 2.13. The maximum Gasteiger partial charge on any atom is 0.282 e. The maximum atomic E-state index is 12.7. The van der Waals surface area contributed by atoms with Crippen LogP contribution in [-0.2, 0) is 0 Å². The van der Waals surface area contributed by atoms with E-state index in [1.54, 1.807) is 12.3 Å². The molecule has 0 aliphatic carbocycles. The van der Waals surface area contributed by atoms with Gasteiger partial charge in [-0.25, -0.2) is 0 Å². The summed E-state index contributed by atoms with van der Waals surface area (Å²) in [6.45, 7) is 5.78. The molecule has 0 bridgehead atoms. The van der Waals surface area contributed by atoms with Crippen molar-refractivity contribution in [1.82, 2.24) is 19.4 Å². The summed E-state index contributed by atoms with van der Waals surface area (Å²) in [7, 11) is 0. The normalized spacial score (nSPS) is 11.7. The van der Waals surface area contributed by atoms with E-state index >= 15 is 0 Å². The predicted octanol–water partition coefficient (Wildman–Crippen LogP) is 3.65. The fourth-order valence-electron chi connectivity index (χ4n) is 3.11. The minimum atomic E-state index is -0.258. The Hall–Kier alpha value is -3.26. The molecule has 27 heavy (non-hydrogen) atoms. The van der Waals surface area contributed by atoms with Crippen LogP contribution in [0.3, 0.4) is 0 Å². The summed E-state index contributed by atoms with van der Waals surface area (Å²) in [6.07, 6.45) is 1.63. The van der Waals surface area contributed by atoms with Crippen molar-refractivity contribution in [2.75, 3.05) is 0 Å². The van der Waals surface area contributed by atoms with Crippen molar-refractivity contribution in [2.45, 2.75) is 20.8 Å². The van der Waals surface area contributed by atoms with Crippen molar-refractivity contribution in [1.29, 1.82) is 0 Å². The minimum absolute atomic E-state index is 0.246. The Morgan fingerprint density at radius 1 is 1.22 bits per heavy atom. The van der Waals surface area contributed by atoms with E-state index in [1.807, 2.05) is 55.7 Å². The Bertz CT molecular complexity index is 1310. The van der Waals surface area contributed by atoms with Crippen molar-refractivity contribution in [3.63, 3.8) is 0 Å². The SMILES string of the molecule is Cc1cc(-n2c(C)cc(/C=N\n3c(=S)[nH]c4ccccc4c3=O)c2C)no1. The van der Waals surface area contributed by atoms with Gasteiger partial charge in [0, 0.05) is 23.0 Å². The Morgan fingerprint density at radius 3 is 2.74 bits per heavy atom. The number of nitrogens with zero attached hydrogens (tertiary/aromatic N) is 4. The van der Waals surface area contributed by atoms with Crippen molar-refractivity contribution in [3.8, 4) is 5.82 Å². The molecule has 4 aromatic rings. The number of nitrogens with one attached hydrogen (secondary N) is 1. The monoisotopic (exact) mass is 379 g/mol. The van der Waals surface area contributed by atoms with Crippen molar-refractivity contribution < 1.29 is 4.52 Å². The van der Waals surface area contributed by atoms with Gasteiger partial charge in [0.05, 0.1) is 17.1 Å². The average Bonchev–Trinajstić information content (AvgIpc) is 3.17. The second-order valence-electron chi connectivity index (χ2n) is 6.29. The molecular weight excluding hydrogens is 362 g/mol. The zero-order valence-corrected chi connectivity index (χ0v) is 15.9. The zero-order chi connectivity index (χ0) is 19.1. The molecule has 1 N–H and O–H groups in total. The second kappa shape index (κ2) is 6.48. The third kappa shape index (κ3) is 2.93. The van der Waals surface area contributed by atoms with Gasteiger partial charge in [0.1, 0.15) is 5.76 Å². The third-order valence-electron chi connectivity index (χ3n) is 4.41. The molecule has 7 nitrogen and oxygen atoms in total. The summed E-state index contributed by atoms with van der Waals surface area (Å²) in [5.74, 6) is 1.45. The van der Waals surface area contributed by atoms with E-state index in [4.69, 9.17) is 16.7 Å². The largest absolute Gasteiger partial charge is 0.360 e. The van der Waals surface area contributed by atoms with Gasteiger partial charge < -0.3 is 9.51 Å². The Morgan fingerprint density at radius 2 is 2.00 bits per heavy atom. The van der Waals surface area contributed by atoms with Crippen molar-refractivity contribution in [3.05, 3.63) is 74.2 Å². The van der Waals surface area contributed by atoms with Gasteiger partial charge in [-0.05, 0) is 51.2 Å². The molecule has 0 aliphatic heterocycles. The first kappa shape index (κ1) is 17.2. The standard InChI is InChI=1S/C19H17N5O2S/c1-11-8-14(13(3)23(11)17-9-12(2)26-22-17)10-20-24-18(25)15-6-4-5-7-16(15)21-19(24)27/h4-10H,1-3H3,(H,21,27)/b20-10-. The first-order valence-corrected chi connectivity index (χ1v) is 8.77. The van der Waals surface area contributed by atoms with Crippen LogP contribution in [0.1, 0.15) is 22.7 Å². The highest BCUT2D eigenvalue weighted by molar-refractivity contribution is 7.71. The lowest BCUT2D eigenvalue weighted by Crippen LogP contribution is -2.18. The van der Waals surface area contributed by atoms with Crippen LogP contribution in [0.4, 0.5) is 0 Å². The van der Waals surface area contributed by atoms with Gasteiger partial charge in [0.2, 0.25) is 4.77 Å². The fourth-order valence-corrected chi connectivity index (χ4v) is 3.35. The van der Waals surface area contributed by atoms with Gasteiger partial charge in [-0.3, -0.25) is 9.36 Å². The van der Waals surface area contributed by atoms with E-state index in [2.05, 4.69) is 15.2 Å². The number of H-pyrrole nitrogens is 1. The summed E-state index contributed by atoms with van der Waals surface area (Å²) in [6, 6.07) is 11.1. The molecule has 0 saturated heterocycles. The smallest absolute Gasteiger partial charge is 0.282 e. The first-order chi connectivity index (χ1) is 13.0. The van der Waals surface area contributed by atoms with Crippen LogP contribution in [-0.4, -0.2) is 25.6 Å². The van der Waals surface area contributed by atoms with Gasteiger partial charge in [0.15, 0.2) is 5.82 Å². The van der Waals surface area contributed by atoms with E-state index in [1.165, 1.54) is 4.68 Å². The van der Waals surface area contributed by atoms with E-state index in [-0.39, 0.29) is 10.3 Å². The summed E-state index contributed by atoms with van der Waals surface area (Å²) in [5, 5.41) is 8.93. The molecule has 0 saturated carbocycles. The predicted molar refractivity (Wildman–Crippen MR) is 106 cm³/mol. The molecule has 0 atom stereocenters. The quantitative estimate of drug-likeness (QED) is 0.435. The molecule has 0 amide bonds. The molecule has 1 aromatic carbocycles. The molecule has 136 valence electrons. The van der Waals surface area contributed by atoms with Gasteiger partial charge in [0.25, 0.3) is 5.56 Å². The molecule has 4 rings (SSSR count). The minimum Gasteiger partial charge on any atom is -0.360 e.